The monoisotopic (exact) mass is 327 g/mol. The van der Waals surface area contributed by atoms with E-state index < -0.39 is 5.97 Å². The Morgan fingerprint density at radius 1 is 1.08 bits per heavy atom. The molecule has 0 bridgehead atoms. The van der Waals surface area contributed by atoms with Crippen molar-refractivity contribution in [2.24, 2.45) is 0 Å². The second-order valence-electron chi connectivity index (χ2n) is 5.36. The van der Waals surface area contributed by atoms with E-state index in [0.717, 1.165) is 16.9 Å². The summed E-state index contributed by atoms with van der Waals surface area (Å²) >= 11 is 0. The van der Waals surface area contributed by atoms with E-state index in [1.165, 1.54) is 7.11 Å². The molecule has 0 saturated heterocycles. The largest absolute Gasteiger partial charge is 0.494 e. The number of para-hydroxylation sites is 1. The Kier molecular flexibility index (Phi) is 5.58. The lowest BCUT2D eigenvalue weighted by molar-refractivity contribution is 0.0602. The first-order valence-electron chi connectivity index (χ1n) is 7.70. The van der Waals surface area contributed by atoms with E-state index in [1.54, 1.807) is 30.3 Å². The van der Waals surface area contributed by atoms with Crippen molar-refractivity contribution in [2.45, 2.75) is 20.8 Å². The lowest BCUT2D eigenvalue weighted by Gasteiger charge is -2.13. The summed E-state index contributed by atoms with van der Waals surface area (Å²) in [4.78, 5) is 24.4. The topological polar surface area (TPSA) is 64.6 Å². The molecule has 2 aromatic rings. The fraction of sp³-hybridized carbons (Fsp3) is 0.263. The summed E-state index contributed by atoms with van der Waals surface area (Å²) in [5.41, 5.74) is 2.95. The van der Waals surface area contributed by atoms with Crippen LogP contribution in [0.5, 0.6) is 5.75 Å². The quantitative estimate of drug-likeness (QED) is 0.850. The Morgan fingerprint density at radius 3 is 2.46 bits per heavy atom. The van der Waals surface area contributed by atoms with Crippen LogP contribution in [-0.2, 0) is 4.74 Å². The van der Waals surface area contributed by atoms with Crippen molar-refractivity contribution in [3.05, 3.63) is 58.7 Å². The van der Waals surface area contributed by atoms with Gasteiger partial charge in [0.25, 0.3) is 5.91 Å². The summed E-state index contributed by atoms with van der Waals surface area (Å²) in [6.45, 7) is 6.19. The molecule has 1 N–H and O–H groups in total. The van der Waals surface area contributed by atoms with Crippen LogP contribution in [0.25, 0.3) is 0 Å². The van der Waals surface area contributed by atoms with E-state index in [0.29, 0.717) is 23.4 Å². The van der Waals surface area contributed by atoms with E-state index in [4.69, 9.17) is 9.47 Å². The molecule has 2 aromatic carbocycles. The molecule has 0 aromatic heterocycles. The normalized spacial score (nSPS) is 10.2. The van der Waals surface area contributed by atoms with Crippen molar-refractivity contribution in [1.82, 2.24) is 0 Å². The minimum absolute atomic E-state index is 0.291. The molecule has 126 valence electrons. The number of benzene rings is 2. The van der Waals surface area contributed by atoms with Crippen LogP contribution >= 0.6 is 0 Å². The van der Waals surface area contributed by atoms with Gasteiger partial charge in [0.15, 0.2) is 0 Å². The van der Waals surface area contributed by atoms with Gasteiger partial charge in [-0.25, -0.2) is 4.79 Å². The minimum atomic E-state index is -0.489. The molecular formula is C19H21NO4. The number of carbonyl (C=O) groups is 2. The standard InChI is InChI=1S/C19H21NO4/c1-5-24-16-10-9-14(11-13(16)3)18(21)20-17-12(2)7-6-8-15(17)19(22)23-4/h6-11H,5H2,1-4H3,(H,20,21). The van der Waals surface area contributed by atoms with E-state index in [2.05, 4.69) is 5.32 Å². The number of amides is 1. The maximum absolute atomic E-state index is 12.5. The van der Waals surface area contributed by atoms with Crippen LogP contribution in [0.2, 0.25) is 0 Å². The lowest BCUT2D eigenvalue weighted by atomic mass is 10.1. The summed E-state index contributed by atoms with van der Waals surface area (Å²) in [7, 11) is 1.31. The number of esters is 1. The van der Waals surface area contributed by atoms with Gasteiger partial charge in [-0.2, -0.15) is 0 Å². The predicted octanol–water partition coefficient (Wildman–Crippen LogP) is 3.74. The van der Waals surface area contributed by atoms with Gasteiger partial charge in [0.05, 0.1) is 25.0 Å². The van der Waals surface area contributed by atoms with Gasteiger partial charge in [-0.15, -0.1) is 0 Å². The van der Waals surface area contributed by atoms with Crippen LogP contribution in [0.1, 0.15) is 38.8 Å². The van der Waals surface area contributed by atoms with E-state index in [1.807, 2.05) is 26.8 Å². The molecule has 0 saturated carbocycles. The third kappa shape index (κ3) is 3.74. The predicted molar refractivity (Wildman–Crippen MR) is 92.8 cm³/mol. The molecule has 0 spiro atoms. The van der Waals surface area contributed by atoms with Crippen LogP contribution in [-0.4, -0.2) is 25.6 Å². The summed E-state index contributed by atoms with van der Waals surface area (Å²) < 4.78 is 10.3. The van der Waals surface area contributed by atoms with Crippen molar-refractivity contribution < 1.29 is 19.1 Å². The zero-order valence-corrected chi connectivity index (χ0v) is 14.3. The Labute approximate surface area is 141 Å². The summed E-state index contributed by atoms with van der Waals surface area (Å²) in [6.07, 6.45) is 0. The average molecular weight is 327 g/mol. The number of hydrogen-bond acceptors (Lipinski definition) is 4. The zero-order valence-electron chi connectivity index (χ0n) is 14.3. The number of aryl methyl sites for hydroxylation is 2. The van der Waals surface area contributed by atoms with Gasteiger partial charge in [0.1, 0.15) is 5.75 Å². The number of carbonyl (C=O) groups excluding carboxylic acids is 2. The molecule has 5 nitrogen and oxygen atoms in total. The van der Waals surface area contributed by atoms with Crippen molar-refractivity contribution >= 4 is 17.6 Å². The summed E-state index contributed by atoms with van der Waals surface area (Å²) in [5.74, 6) is -0.0299. The highest BCUT2D eigenvalue weighted by Gasteiger charge is 2.17. The SMILES string of the molecule is CCOc1ccc(C(=O)Nc2c(C)cccc2C(=O)OC)cc1C. The maximum atomic E-state index is 12.5. The smallest absolute Gasteiger partial charge is 0.339 e. The van der Waals surface area contributed by atoms with Gasteiger partial charge in [-0.1, -0.05) is 12.1 Å². The fourth-order valence-electron chi connectivity index (χ4n) is 2.41. The van der Waals surface area contributed by atoms with Gasteiger partial charge >= 0.3 is 5.97 Å². The Morgan fingerprint density at radius 2 is 1.83 bits per heavy atom. The van der Waals surface area contributed by atoms with Crippen molar-refractivity contribution in [3.8, 4) is 5.75 Å². The highest BCUT2D eigenvalue weighted by molar-refractivity contribution is 6.08. The van der Waals surface area contributed by atoms with Crippen molar-refractivity contribution in [3.63, 3.8) is 0 Å². The van der Waals surface area contributed by atoms with Crippen molar-refractivity contribution in [1.29, 1.82) is 0 Å². The van der Waals surface area contributed by atoms with Gasteiger partial charge in [-0.3, -0.25) is 4.79 Å². The molecule has 0 unspecified atom stereocenters. The Balaban J connectivity index is 2.30. The maximum Gasteiger partial charge on any atom is 0.339 e. The number of anilines is 1. The molecule has 0 radical (unpaired) electrons. The third-order valence-electron chi connectivity index (χ3n) is 3.65. The van der Waals surface area contributed by atoms with Gasteiger partial charge in [0, 0.05) is 5.56 Å². The van der Waals surface area contributed by atoms with Crippen LogP contribution in [0.15, 0.2) is 36.4 Å². The van der Waals surface area contributed by atoms with Gasteiger partial charge < -0.3 is 14.8 Å². The van der Waals surface area contributed by atoms with E-state index in [-0.39, 0.29) is 5.91 Å². The molecule has 0 atom stereocenters. The molecule has 0 aliphatic heterocycles. The molecule has 0 aliphatic carbocycles. The fourth-order valence-corrected chi connectivity index (χ4v) is 2.41. The molecule has 0 aliphatic rings. The minimum Gasteiger partial charge on any atom is -0.494 e. The molecule has 0 heterocycles. The summed E-state index contributed by atoms with van der Waals surface area (Å²) in [5, 5.41) is 2.81. The number of ether oxygens (including phenoxy) is 2. The van der Waals surface area contributed by atoms with Crippen LogP contribution in [0.4, 0.5) is 5.69 Å². The van der Waals surface area contributed by atoms with Crippen LogP contribution < -0.4 is 10.1 Å². The van der Waals surface area contributed by atoms with Crippen molar-refractivity contribution in [2.75, 3.05) is 19.0 Å². The number of nitrogens with one attached hydrogen (secondary N) is 1. The molecular weight excluding hydrogens is 306 g/mol. The Hall–Kier alpha value is -2.82. The lowest BCUT2D eigenvalue weighted by Crippen LogP contribution is -2.16. The molecule has 2 rings (SSSR count). The Bertz CT molecular complexity index is 768. The highest BCUT2D eigenvalue weighted by atomic mass is 16.5. The van der Waals surface area contributed by atoms with E-state index >= 15 is 0 Å². The van der Waals surface area contributed by atoms with Gasteiger partial charge in [-0.05, 0) is 56.2 Å². The first kappa shape index (κ1) is 17.5. The van der Waals surface area contributed by atoms with Crippen LogP contribution in [0, 0.1) is 13.8 Å². The third-order valence-corrected chi connectivity index (χ3v) is 3.65. The van der Waals surface area contributed by atoms with Crippen LogP contribution in [0.3, 0.4) is 0 Å². The number of rotatable bonds is 5. The zero-order chi connectivity index (χ0) is 17.7. The van der Waals surface area contributed by atoms with E-state index in [9.17, 15) is 9.59 Å². The van der Waals surface area contributed by atoms with Gasteiger partial charge in [0.2, 0.25) is 0 Å². The second kappa shape index (κ2) is 7.64. The molecule has 0 fully saturated rings. The second-order valence-corrected chi connectivity index (χ2v) is 5.36. The first-order chi connectivity index (χ1) is 11.5. The molecule has 24 heavy (non-hydrogen) atoms. The average Bonchev–Trinajstić information content (AvgIpc) is 2.57. The number of hydrogen-bond donors (Lipinski definition) is 1. The highest BCUT2D eigenvalue weighted by Crippen LogP contribution is 2.24. The number of methoxy groups -OCH3 is 1. The molecule has 5 heteroatoms. The first-order valence-corrected chi connectivity index (χ1v) is 7.70. The molecule has 1 amide bonds. The summed E-state index contributed by atoms with van der Waals surface area (Å²) in [6, 6.07) is 10.4.